The summed E-state index contributed by atoms with van der Waals surface area (Å²) >= 11 is 3.31. The van der Waals surface area contributed by atoms with Crippen molar-refractivity contribution in [2.75, 3.05) is 4.72 Å². The monoisotopic (exact) mass is 316 g/mol. The molecule has 0 aromatic heterocycles. The van der Waals surface area contributed by atoms with Crippen LogP contribution in [0.3, 0.4) is 0 Å². The molecular weight excluding hydrogens is 304 g/mol. The van der Waals surface area contributed by atoms with Gasteiger partial charge < -0.3 is 0 Å². The maximum atomic E-state index is 11.8. The van der Waals surface area contributed by atoms with Crippen LogP contribution in [0.4, 0.5) is 5.69 Å². The zero-order chi connectivity index (χ0) is 13.2. The number of nitrogens with one attached hydrogen (secondary N) is 1. The van der Waals surface area contributed by atoms with Crippen molar-refractivity contribution in [1.82, 2.24) is 0 Å². The summed E-state index contributed by atoms with van der Waals surface area (Å²) in [5.41, 5.74) is 2.33. The van der Waals surface area contributed by atoms with Crippen LogP contribution in [0.15, 0.2) is 16.6 Å². The molecule has 0 saturated carbocycles. The molecule has 1 N–H and O–H groups in total. The molecule has 1 aromatic rings. The third kappa shape index (κ3) is 3.20. The van der Waals surface area contributed by atoms with E-state index in [4.69, 9.17) is 5.26 Å². The van der Waals surface area contributed by atoms with Crippen molar-refractivity contribution in [2.24, 2.45) is 0 Å². The topological polar surface area (TPSA) is 70.0 Å². The molecule has 0 fully saturated rings. The highest BCUT2D eigenvalue weighted by molar-refractivity contribution is 9.10. The number of aryl methyl sites for hydroxylation is 2. The number of rotatable bonds is 3. The van der Waals surface area contributed by atoms with E-state index in [0.717, 1.165) is 11.1 Å². The smallest absolute Gasteiger partial charge is 0.248 e. The van der Waals surface area contributed by atoms with E-state index in [0.29, 0.717) is 10.2 Å². The van der Waals surface area contributed by atoms with E-state index in [1.54, 1.807) is 6.07 Å². The Hall–Kier alpha value is -1.06. The molecule has 0 radical (unpaired) electrons. The summed E-state index contributed by atoms with van der Waals surface area (Å²) in [7, 11) is -3.66. The summed E-state index contributed by atoms with van der Waals surface area (Å²) in [5.74, 6) is 0. The average Bonchev–Trinajstić information content (AvgIpc) is 2.22. The second-order valence-electron chi connectivity index (χ2n) is 3.86. The van der Waals surface area contributed by atoms with Gasteiger partial charge in [-0.3, -0.25) is 4.72 Å². The van der Waals surface area contributed by atoms with Gasteiger partial charge in [-0.2, -0.15) is 5.26 Å². The largest absolute Gasteiger partial charge is 0.281 e. The number of nitrogens with zero attached hydrogens (tertiary/aromatic N) is 1. The number of hydrogen-bond acceptors (Lipinski definition) is 3. The van der Waals surface area contributed by atoms with Crippen LogP contribution in [0.1, 0.15) is 18.1 Å². The van der Waals surface area contributed by atoms with E-state index in [9.17, 15) is 8.42 Å². The van der Waals surface area contributed by atoms with Gasteiger partial charge in [0.1, 0.15) is 0 Å². The van der Waals surface area contributed by atoms with E-state index >= 15 is 0 Å². The fraction of sp³-hybridized carbons (Fsp3) is 0.364. The molecule has 0 spiro atoms. The summed E-state index contributed by atoms with van der Waals surface area (Å²) in [4.78, 5) is 0. The maximum absolute atomic E-state index is 11.8. The Morgan fingerprint density at radius 1 is 1.41 bits per heavy atom. The van der Waals surface area contributed by atoms with Crippen LogP contribution >= 0.6 is 15.9 Å². The van der Waals surface area contributed by atoms with E-state index in [2.05, 4.69) is 20.7 Å². The normalized spacial score (nSPS) is 12.9. The Kier molecular flexibility index (Phi) is 4.17. The Bertz CT molecular complexity index is 553. The minimum absolute atomic E-state index is 0.484. The first-order chi connectivity index (χ1) is 7.77. The molecule has 0 amide bonds. The molecule has 6 heteroatoms. The molecule has 1 aromatic carbocycles. The minimum atomic E-state index is -3.66. The zero-order valence-corrected chi connectivity index (χ0v) is 12.2. The van der Waals surface area contributed by atoms with E-state index < -0.39 is 15.3 Å². The molecule has 0 aliphatic heterocycles. The van der Waals surface area contributed by atoms with Gasteiger partial charge in [0.15, 0.2) is 5.25 Å². The Labute approximate surface area is 110 Å². The number of halogens is 1. The highest BCUT2D eigenvalue weighted by atomic mass is 79.9. The first-order valence-corrected chi connectivity index (χ1v) is 7.30. The minimum Gasteiger partial charge on any atom is -0.281 e. The van der Waals surface area contributed by atoms with Crippen molar-refractivity contribution in [3.63, 3.8) is 0 Å². The number of nitriles is 1. The summed E-state index contributed by atoms with van der Waals surface area (Å²) in [5, 5.41) is 7.56. The fourth-order valence-corrected chi connectivity index (χ4v) is 3.12. The van der Waals surface area contributed by atoms with Gasteiger partial charge in [-0.25, -0.2) is 8.42 Å². The average molecular weight is 317 g/mol. The van der Waals surface area contributed by atoms with Crippen LogP contribution in [0.25, 0.3) is 0 Å². The van der Waals surface area contributed by atoms with Crippen LogP contribution in [-0.2, 0) is 10.0 Å². The lowest BCUT2D eigenvalue weighted by Crippen LogP contribution is -2.24. The van der Waals surface area contributed by atoms with Gasteiger partial charge in [-0.15, -0.1) is 0 Å². The first-order valence-electron chi connectivity index (χ1n) is 4.96. The van der Waals surface area contributed by atoms with Gasteiger partial charge in [0.25, 0.3) is 0 Å². The van der Waals surface area contributed by atoms with Crippen molar-refractivity contribution in [3.05, 3.63) is 27.7 Å². The summed E-state index contributed by atoms with van der Waals surface area (Å²) in [6, 6.07) is 5.41. The van der Waals surface area contributed by atoms with E-state index in [-0.39, 0.29) is 0 Å². The summed E-state index contributed by atoms with van der Waals surface area (Å²) < 4.78 is 26.6. The molecule has 4 nitrogen and oxygen atoms in total. The molecule has 0 aliphatic rings. The first kappa shape index (κ1) is 14.0. The Morgan fingerprint density at radius 2 is 2.00 bits per heavy atom. The fourth-order valence-electron chi connectivity index (χ4n) is 1.35. The second kappa shape index (κ2) is 5.07. The van der Waals surface area contributed by atoms with Crippen molar-refractivity contribution in [2.45, 2.75) is 26.0 Å². The van der Waals surface area contributed by atoms with E-state index in [1.807, 2.05) is 26.0 Å². The van der Waals surface area contributed by atoms with Crippen LogP contribution in [0, 0.1) is 25.2 Å². The van der Waals surface area contributed by atoms with Crippen molar-refractivity contribution >= 4 is 31.6 Å². The molecule has 0 heterocycles. The standard InChI is InChI=1S/C11H13BrN2O2S/c1-7-4-8(2)11(10(12)5-7)14-17(15,16)9(3)6-13/h4-5,9,14H,1-3H3. The highest BCUT2D eigenvalue weighted by Gasteiger charge is 2.21. The van der Waals surface area contributed by atoms with Crippen molar-refractivity contribution in [3.8, 4) is 6.07 Å². The molecule has 1 atom stereocenters. The van der Waals surface area contributed by atoms with Crippen molar-refractivity contribution < 1.29 is 8.42 Å². The lowest BCUT2D eigenvalue weighted by molar-refractivity contribution is 0.597. The lowest BCUT2D eigenvalue weighted by atomic mass is 10.1. The van der Waals surface area contributed by atoms with Crippen LogP contribution in [-0.4, -0.2) is 13.7 Å². The highest BCUT2D eigenvalue weighted by Crippen LogP contribution is 2.29. The predicted octanol–water partition coefficient (Wildman–Crippen LogP) is 2.72. The van der Waals surface area contributed by atoms with Gasteiger partial charge in [-0.1, -0.05) is 6.07 Å². The molecular formula is C11H13BrN2O2S. The maximum Gasteiger partial charge on any atom is 0.248 e. The van der Waals surface area contributed by atoms with Crippen LogP contribution in [0.2, 0.25) is 0 Å². The van der Waals surface area contributed by atoms with Gasteiger partial charge in [-0.05, 0) is 53.9 Å². The second-order valence-corrected chi connectivity index (χ2v) is 6.71. The van der Waals surface area contributed by atoms with Crippen molar-refractivity contribution in [1.29, 1.82) is 5.26 Å². The third-order valence-electron chi connectivity index (χ3n) is 2.32. The number of benzene rings is 1. The molecule has 92 valence electrons. The van der Waals surface area contributed by atoms with Crippen LogP contribution in [0.5, 0.6) is 0 Å². The Morgan fingerprint density at radius 3 is 2.47 bits per heavy atom. The molecule has 0 saturated heterocycles. The lowest BCUT2D eigenvalue weighted by Gasteiger charge is -2.14. The van der Waals surface area contributed by atoms with Gasteiger partial charge in [0.2, 0.25) is 10.0 Å². The molecule has 0 bridgehead atoms. The van der Waals surface area contributed by atoms with Gasteiger partial charge in [0.05, 0.1) is 11.8 Å². The number of sulfonamides is 1. The predicted molar refractivity (Wildman–Crippen MR) is 71.2 cm³/mol. The van der Waals surface area contributed by atoms with Crippen LogP contribution < -0.4 is 4.72 Å². The quantitative estimate of drug-likeness (QED) is 0.932. The molecule has 1 rings (SSSR count). The van der Waals surface area contributed by atoms with E-state index in [1.165, 1.54) is 6.92 Å². The Balaban J connectivity index is 3.18. The third-order valence-corrected chi connectivity index (χ3v) is 4.47. The SMILES string of the molecule is Cc1cc(C)c(NS(=O)(=O)C(C)C#N)c(Br)c1. The summed E-state index contributed by atoms with van der Waals surface area (Å²) in [6.07, 6.45) is 0. The number of hydrogen-bond donors (Lipinski definition) is 1. The molecule has 17 heavy (non-hydrogen) atoms. The zero-order valence-electron chi connectivity index (χ0n) is 9.78. The van der Waals surface area contributed by atoms with Gasteiger partial charge in [0, 0.05) is 4.47 Å². The molecule has 1 unspecified atom stereocenters. The number of anilines is 1. The van der Waals surface area contributed by atoms with Gasteiger partial charge >= 0.3 is 0 Å². The molecule has 0 aliphatic carbocycles. The summed E-state index contributed by atoms with van der Waals surface area (Å²) in [6.45, 7) is 5.08.